The third-order valence-electron chi connectivity index (χ3n) is 3.48. The molecule has 2 rings (SSSR count). The van der Waals surface area contributed by atoms with Crippen molar-refractivity contribution in [3.05, 3.63) is 11.8 Å². The summed E-state index contributed by atoms with van der Waals surface area (Å²) in [6.07, 6.45) is 2.18. The summed E-state index contributed by atoms with van der Waals surface area (Å²) in [5, 5.41) is 0. The molecule has 9 heteroatoms. The van der Waals surface area contributed by atoms with Gasteiger partial charge in [-0.25, -0.2) is 9.00 Å². The quantitative estimate of drug-likeness (QED) is 0.799. The van der Waals surface area contributed by atoms with Gasteiger partial charge in [-0.3, -0.25) is 0 Å². The molecule has 1 fully saturated rings. The van der Waals surface area contributed by atoms with Gasteiger partial charge >= 0.3 is 22.7 Å². The summed E-state index contributed by atoms with van der Waals surface area (Å²) in [5.41, 5.74) is -4.91. The number of ether oxygens (including phenoxy) is 1. The van der Waals surface area contributed by atoms with Crippen LogP contribution < -0.4 is 0 Å². The number of likely N-dealkylation sites (tertiary alicyclic amines) is 1. The van der Waals surface area contributed by atoms with Crippen LogP contribution in [0.15, 0.2) is 11.8 Å². The van der Waals surface area contributed by atoms with Gasteiger partial charge in [-0.05, 0) is 31.8 Å². The lowest BCUT2D eigenvalue weighted by Crippen LogP contribution is -2.46. The van der Waals surface area contributed by atoms with Crippen LogP contribution >= 0.6 is 0 Å². The zero-order valence-electron chi connectivity index (χ0n) is 11.4. The molecule has 0 N–H and O–H groups in total. The van der Waals surface area contributed by atoms with Crippen molar-refractivity contribution >= 4 is 17.2 Å². The Morgan fingerprint density at radius 1 is 1.48 bits per heavy atom. The minimum Gasteiger partial charge on any atom is -0.450 e. The summed E-state index contributed by atoms with van der Waals surface area (Å²) in [6.45, 7) is 2.66. The highest BCUT2D eigenvalue weighted by Crippen LogP contribution is 2.37. The van der Waals surface area contributed by atoms with Crippen LogP contribution in [0.25, 0.3) is 0 Å². The standard InChI is InChI=1S/C12H16F3NO4S/c1-2-19-11(17)16-6-8-3-4-10(9(5-8)7-16)20-21(18)12(13,14)15/h4,8-9H,2-3,5-7H2,1H3. The lowest BCUT2D eigenvalue weighted by atomic mass is 9.81. The molecule has 1 amide bonds. The van der Waals surface area contributed by atoms with Gasteiger partial charge in [-0.2, -0.15) is 13.2 Å². The zero-order chi connectivity index (χ0) is 15.6. The molecule has 2 aliphatic rings. The first kappa shape index (κ1) is 16.1. The fourth-order valence-corrected chi connectivity index (χ4v) is 3.10. The number of hydrogen-bond acceptors (Lipinski definition) is 4. The van der Waals surface area contributed by atoms with E-state index in [9.17, 15) is 22.2 Å². The first-order chi connectivity index (χ1) is 9.81. The van der Waals surface area contributed by atoms with Crippen molar-refractivity contribution in [1.29, 1.82) is 0 Å². The van der Waals surface area contributed by atoms with Crippen LogP contribution in [-0.2, 0) is 20.0 Å². The maximum atomic E-state index is 12.3. The molecule has 1 aliphatic heterocycles. The second-order valence-corrected chi connectivity index (χ2v) is 6.11. The number of fused-ring (bicyclic) bond motifs is 2. The van der Waals surface area contributed by atoms with Crippen LogP contribution in [0.2, 0.25) is 0 Å². The molecule has 2 bridgehead atoms. The number of rotatable bonds is 3. The minimum atomic E-state index is -4.91. The van der Waals surface area contributed by atoms with Gasteiger partial charge in [0.1, 0.15) is 5.76 Å². The lowest BCUT2D eigenvalue weighted by Gasteiger charge is -2.39. The number of amides is 1. The average Bonchev–Trinajstić information content (AvgIpc) is 2.41. The predicted molar refractivity (Wildman–Crippen MR) is 68.2 cm³/mol. The number of piperidine rings is 1. The second kappa shape index (κ2) is 6.25. The fourth-order valence-electron chi connectivity index (χ4n) is 2.63. The molecule has 3 unspecified atom stereocenters. The number of hydrogen-bond donors (Lipinski definition) is 0. The predicted octanol–water partition coefficient (Wildman–Crippen LogP) is 2.57. The van der Waals surface area contributed by atoms with E-state index in [1.165, 1.54) is 4.90 Å². The highest BCUT2D eigenvalue weighted by Gasteiger charge is 2.43. The van der Waals surface area contributed by atoms with Crippen molar-refractivity contribution in [2.24, 2.45) is 11.8 Å². The maximum Gasteiger partial charge on any atom is 0.508 e. The van der Waals surface area contributed by atoms with Crippen LogP contribution in [0.3, 0.4) is 0 Å². The Labute approximate surface area is 122 Å². The maximum absolute atomic E-state index is 12.3. The molecule has 1 saturated heterocycles. The Morgan fingerprint density at radius 2 is 2.19 bits per heavy atom. The molecule has 0 saturated carbocycles. The normalized spacial score (nSPS) is 26.9. The number of halogens is 3. The molecule has 3 atom stereocenters. The van der Waals surface area contributed by atoms with E-state index in [0.717, 1.165) is 0 Å². The van der Waals surface area contributed by atoms with Crippen molar-refractivity contribution in [2.45, 2.75) is 25.3 Å². The van der Waals surface area contributed by atoms with E-state index in [1.807, 2.05) is 0 Å². The lowest BCUT2D eigenvalue weighted by molar-refractivity contribution is -0.0465. The Bertz CT molecular complexity index is 466. The molecule has 5 nitrogen and oxygen atoms in total. The SMILES string of the molecule is CCOC(=O)N1CC2CC=C(OS(=O)C(F)(F)F)C(C2)C1. The third kappa shape index (κ3) is 3.90. The number of allylic oxidation sites excluding steroid dienone is 1. The van der Waals surface area contributed by atoms with E-state index in [2.05, 4.69) is 4.18 Å². The van der Waals surface area contributed by atoms with Crippen molar-refractivity contribution in [1.82, 2.24) is 4.90 Å². The monoisotopic (exact) mass is 327 g/mol. The van der Waals surface area contributed by atoms with E-state index in [4.69, 9.17) is 4.74 Å². The van der Waals surface area contributed by atoms with Crippen molar-refractivity contribution in [3.63, 3.8) is 0 Å². The average molecular weight is 327 g/mol. The van der Waals surface area contributed by atoms with Gasteiger partial charge in [0.05, 0.1) is 6.61 Å². The molecule has 1 heterocycles. The molecule has 21 heavy (non-hydrogen) atoms. The fraction of sp³-hybridized carbons (Fsp3) is 0.750. The van der Waals surface area contributed by atoms with Gasteiger partial charge in [0, 0.05) is 19.0 Å². The first-order valence-corrected chi connectivity index (χ1v) is 7.67. The molecule has 0 aromatic rings. The summed E-state index contributed by atoms with van der Waals surface area (Å²) in [7, 11) is 0. The molecule has 120 valence electrons. The van der Waals surface area contributed by atoms with E-state index < -0.39 is 22.7 Å². The molecule has 0 spiro atoms. The Hall–Kier alpha value is -1.25. The smallest absolute Gasteiger partial charge is 0.450 e. The highest BCUT2D eigenvalue weighted by atomic mass is 32.2. The summed E-state index contributed by atoms with van der Waals surface area (Å²) < 4.78 is 57.4. The second-order valence-electron chi connectivity index (χ2n) is 5.01. The zero-order valence-corrected chi connectivity index (χ0v) is 12.2. The van der Waals surface area contributed by atoms with Crippen molar-refractivity contribution < 1.29 is 31.1 Å². The molecular weight excluding hydrogens is 311 g/mol. The van der Waals surface area contributed by atoms with Crippen LogP contribution in [0.4, 0.5) is 18.0 Å². The van der Waals surface area contributed by atoms with E-state index in [1.54, 1.807) is 13.0 Å². The van der Waals surface area contributed by atoms with Gasteiger partial charge in [-0.1, -0.05) is 0 Å². The minimum absolute atomic E-state index is 0.0518. The largest absolute Gasteiger partial charge is 0.508 e. The first-order valence-electron chi connectivity index (χ1n) is 6.60. The van der Waals surface area contributed by atoms with Crippen molar-refractivity contribution in [3.8, 4) is 0 Å². The van der Waals surface area contributed by atoms with Crippen LogP contribution in [0.5, 0.6) is 0 Å². The number of nitrogens with zero attached hydrogens (tertiary/aromatic N) is 1. The molecule has 1 aliphatic carbocycles. The van der Waals surface area contributed by atoms with E-state index in [-0.39, 0.29) is 30.7 Å². The van der Waals surface area contributed by atoms with Gasteiger partial charge < -0.3 is 13.8 Å². The van der Waals surface area contributed by atoms with Gasteiger partial charge in [0.25, 0.3) is 0 Å². The number of carbonyl (C=O) groups excluding carboxylic acids is 1. The highest BCUT2D eigenvalue weighted by molar-refractivity contribution is 7.81. The summed E-state index contributed by atoms with van der Waals surface area (Å²) >= 11 is -3.37. The van der Waals surface area contributed by atoms with Gasteiger partial charge in [0.2, 0.25) is 0 Å². The van der Waals surface area contributed by atoms with Gasteiger partial charge in [0.15, 0.2) is 0 Å². The number of alkyl halides is 3. The molecule has 0 aromatic heterocycles. The van der Waals surface area contributed by atoms with Crippen LogP contribution in [-0.4, -0.2) is 40.4 Å². The summed E-state index contributed by atoms with van der Waals surface area (Å²) in [4.78, 5) is 13.2. The third-order valence-corrected chi connectivity index (χ3v) is 4.20. The molecular formula is C12H16F3NO4S. The Morgan fingerprint density at radius 3 is 2.81 bits per heavy atom. The van der Waals surface area contributed by atoms with E-state index in [0.29, 0.717) is 19.4 Å². The van der Waals surface area contributed by atoms with Crippen molar-refractivity contribution in [2.75, 3.05) is 19.7 Å². The van der Waals surface area contributed by atoms with E-state index >= 15 is 0 Å². The topological polar surface area (TPSA) is 55.8 Å². The summed E-state index contributed by atoms with van der Waals surface area (Å²) in [6, 6.07) is 0. The molecule has 0 radical (unpaired) electrons. The van der Waals surface area contributed by atoms with Crippen LogP contribution in [0, 0.1) is 11.8 Å². The van der Waals surface area contributed by atoms with Gasteiger partial charge in [-0.15, -0.1) is 0 Å². The summed E-state index contributed by atoms with van der Waals surface area (Å²) in [5.74, 6) is -0.149. The number of carbonyl (C=O) groups is 1. The van der Waals surface area contributed by atoms with Crippen LogP contribution in [0.1, 0.15) is 19.8 Å². The Kier molecular flexibility index (Phi) is 4.80. The Balaban J connectivity index is 2.03. The molecule has 0 aromatic carbocycles.